The minimum Gasteiger partial charge on any atom is -0.472 e. The highest BCUT2D eigenvalue weighted by Crippen LogP contribution is 1.63. The van der Waals surface area contributed by atoms with Crippen molar-refractivity contribution >= 4 is 5.97 Å². The summed E-state index contributed by atoms with van der Waals surface area (Å²) in [6, 6.07) is 0. The maximum absolute atomic E-state index is 9.73. The summed E-state index contributed by atoms with van der Waals surface area (Å²) in [4.78, 5) is 9.73. The monoisotopic (exact) mass is 122 g/mol. The van der Waals surface area contributed by atoms with Gasteiger partial charge in [-0.2, -0.15) is 0 Å². The van der Waals surface area contributed by atoms with Crippen molar-refractivity contribution in [3.05, 3.63) is 17.9 Å². The zero-order valence-electron chi connectivity index (χ0n) is 5.01. The van der Waals surface area contributed by atoms with E-state index in [4.69, 9.17) is 5.11 Å². The molecule has 0 unspecified atom stereocenters. The smallest absolute Gasteiger partial charge is 0.382 e. The molecule has 0 amide bonds. The first-order valence-corrected chi connectivity index (χ1v) is 2.37. The van der Waals surface area contributed by atoms with Gasteiger partial charge in [0.05, 0.1) is 0 Å². The minimum absolute atomic E-state index is 1.12. The Morgan fingerprint density at radius 1 is 1.67 bits per heavy atom. The maximum Gasteiger partial charge on any atom is 0.382 e. The third-order valence-corrected chi connectivity index (χ3v) is 0.501. The lowest BCUT2D eigenvalue weighted by Crippen LogP contribution is -1.85. The van der Waals surface area contributed by atoms with Crippen LogP contribution in [0.2, 0.25) is 0 Å². The molecule has 0 radical (unpaired) electrons. The van der Waals surface area contributed by atoms with Crippen molar-refractivity contribution in [3.8, 4) is 11.8 Å². The van der Waals surface area contributed by atoms with Crippen molar-refractivity contribution in [2.45, 2.75) is 6.92 Å². The zero-order chi connectivity index (χ0) is 7.11. The van der Waals surface area contributed by atoms with Crippen LogP contribution in [0.5, 0.6) is 0 Å². The molecular formula is C7H6O2. The second kappa shape index (κ2) is 4.70. The Kier molecular flexibility index (Phi) is 3.95. The summed E-state index contributed by atoms with van der Waals surface area (Å²) < 4.78 is 0. The fourth-order valence-electron chi connectivity index (χ4n) is 0.223. The van der Waals surface area contributed by atoms with E-state index < -0.39 is 5.97 Å². The van der Waals surface area contributed by atoms with Gasteiger partial charge in [-0.3, -0.25) is 0 Å². The molecule has 1 N–H and O–H groups in total. The van der Waals surface area contributed by atoms with Gasteiger partial charge in [-0.15, -0.1) is 5.73 Å². The van der Waals surface area contributed by atoms with Crippen LogP contribution < -0.4 is 0 Å². The van der Waals surface area contributed by atoms with Gasteiger partial charge < -0.3 is 5.11 Å². The molecule has 0 aliphatic carbocycles. The van der Waals surface area contributed by atoms with Crippen LogP contribution >= 0.6 is 0 Å². The van der Waals surface area contributed by atoms with Gasteiger partial charge in [-0.25, -0.2) is 4.79 Å². The van der Waals surface area contributed by atoms with Crippen molar-refractivity contribution in [1.29, 1.82) is 0 Å². The zero-order valence-corrected chi connectivity index (χ0v) is 5.01. The van der Waals surface area contributed by atoms with E-state index in [9.17, 15) is 4.79 Å². The van der Waals surface area contributed by atoms with Gasteiger partial charge in [0.1, 0.15) is 0 Å². The topological polar surface area (TPSA) is 37.3 Å². The summed E-state index contributed by atoms with van der Waals surface area (Å²) in [5.74, 6) is 3.06. The quantitative estimate of drug-likeness (QED) is 0.381. The third kappa shape index (κ3) is 6.55. The first kappa shape index (κ1) is 7.55. The summed E-state index contributed by atoms with van der Waals surface area (Å²) in [5.41, 5.74) is 2.62. The van der Waals surface area contributed by atoms with Crippen molar-refractivity contribution in [3.63, 3.8) is 0 Å². The molecule has 0 heterocycles. The van der Waals surface area contributed by atoms with Gasteiger partial charge in [0.2, 0.25) is 0 Å². The van der Waals surface area contributed by atoms with Crippen LogP contribution in [0.3, 0.4) is 0 Å². The number of aliphatic carboxylic acids is 1. The van der Waals surface area contributed by atoms with E-state index in [0.717, 1.165) is 0 Å². The van der Waals surface area contributed by atoms with Gasteiger partial charge >= 0.3 is 5.97 Å². The van der Waals surface area contributed by atoms with Crippen LogP contribution in [0, 0.1) is 11.8 Å². The van der Waals surface area contributed by atoms with Crippen molar-refractivity contribution in [2.75, 3.05) is 0 Å². The van der Waals surface area contributed by atoms with Crippen LogP contribution in [0.1, 0.15) is 6.92 Å². The molecule has 9 heavy (non-hydrogen) atoms. The molecule has 2 heteroatoms. The number of hydrogen-bond acceptors (Lipinski definition) is 1. The summed E-state index contributed by atoms with van der Waals surface area (Å²) in [5, 5.41) is 7.98. The molecule has 0 rings (SSSR count). The van der Waals surface area contributed by atoms with E-state index in [1.165, 1.54) is 6.08 Å². The number of hydrogen-bond donors (Lipinski definition) is 1. The summed E-state index contributed by atoms with van der Waals surface area (Å²) in [6.45, 7) is 1.78. The molecule has 2 nitrogen and oxygen atoms in total. The van der Waals surface area contributed by atoms with Crippen molar-refractivity contribution in [2.24, 2.45) is 0 Å². The Balaban J connectivity index is 3.91. The highest BCUT2D eigenvalue weighted by atomic mass is 16.4. The van der Waals surface area contributed by atoms with Crippen LogP contribution in [0.25, 0.3) is 0 Å². The SMILES string of the molecule is CC=C=CC#CC(=O)O. The molecule has 0 aliphatic heterocycles. The standard InChI is InChI=1S/C7H6O2/c1-2-3-4-5-6-7(8)9/h2,4H,1H3,(H,8,9). The fourth-order valence-corrected chi connectivity index (χ4v) is 0.223. The first-order chi connectivity index (χ1) is 4.27. The second-order valence-electron chi connectivity index (χ2n) is 1.17. The lowest BCUT2D eigenvalue weighted by molar-refractivity contribution is -0.130. The Labute approximate surface area is 53.5 Å². The molecule has 0 saturated heterocycles. The fraction of sp³-hybridized carbons (Fsp3) is 0.143. The second-order valence-corrected chi connectivity index (χ2v) is 1.17. The van der Waals surface area contributed by atoms with Gasteiger partial charge in [0.25, 0.3) is 0 Å². The van der Waals surface area contributed by atoms with Gasteiger partial charge in [0, 0.05) is 12.0 Å². The molecule has 0 atom stereocenters. The third-order valence-electron chi connectivity index (χ3n) is 0.501. The van der Waals surface area contributed by atoms with Crippen molar-refractivity contribution < 1.29 is 9.90 Å². The Bertz CT molecular complexity index is 209. The van der Waals surface area contributed by atoms with Crippen LogP contribution in [-0.4, -0.2) is 11.1 Å². The molecule has 0 saturated carbocycles. The maximum atomic E-state index is 9.73. The van der Waals surface area contributed by atoms with Gasteiger partial charge in [0.15, 0.2) is 0 Å². The normalized spacial score (nSPS) is 5.89. The molecule has 0 spiro atoms. The lowest BCUT2D eigenvalue weighted by atomic mass is 10.5. The number of carboxylic acids is 1. The minimum atomic E-state index is -1.12. The van der Waals surface area contributed by atoms with E-state index in [1.54, 1.807) is 13.0 Å². The molecule has 0 bridgehead atoms. The highest BCUT2D eigenvalue weighted by molar-refractivity contribution is 5.86. The summed E-state index contributed by atoms with van der Waals surface area (Å²) >= 11 is 0. The van der Waals surface area contributed by atoms with Crippen molar-refractivity contribution in [1.82, 2.24) is 0 Å². The highest BCUT2D eigenvalue weighted by Gasteiger charge is 1.77. The van der Waals surface area contributed by atoms with Crippen LogP contribution in [-0.2, 0) is 4.79 Å². The largest absolute Gasteiger partial charge is 0.472 e. The molecule has 46 valence electrons. The van der Waals surface area contributed by atoms with Gasteiger partial charge in [-0.1, -0.05) is 5.92 Å². The van der Waals surface area contributed by atoms with Gasteiger partial charge in [-0.05, 0) is 13.0 Å². The molecule has 0 aromatic carbocycles. The average molecular weight is 122 g/mol. The molecule has 0 aliphatic rings. The average Bonchev–Trinajstić information content (AvgIpc) is 1.80. The summed E-state index contributed by atoms with van der Waals surface area (Å²) in [6.07, 6.45) is 3.00. The number of carbonyl (C=O) groups is 1. The predicted octanol–water partition coefficient (Wildman–Crippen LogP) is 0.806. The first-order valence-electron chi connectivity index (χ1n) is 2.37. The molecular weight excluding hydrogens is 116 g/mol. The molecule has 0 aromatic heterocycles. The van der Waals surface area contributed by atoms with E-state index in [1.807, 2.05) is 5.92 Å². The predicted molar refractivity (Wildman–Crippen MR) is 33.7 cm³/mol. The van der Waals surface area contributed by atoms with Crippen LogP contribution in [0.15, 0.2) is 17.9 Å². The van der Waals surface area contributed by atoms with Crippen LogP contribution in [0.4, 0.5) is 0 Å². The Morgan fingerprint density at radius 2 is 2.33 bits per heavy atom. The summed E-state index contributed by atoms with van der Waals surface area (Å²) in [7, 11) is 0. The Morgan fingerprint density at radius 3 is 2.78 bits per heavy atom. The molecule has 0 fully saturated rings. The van der Waals surface area contributed by atoms with E-state index >= 15 is 0 Å². The molecule has 0 aromatic rings. The number of allylic oxidation sites excluding steroid dienone is 1. The Hall–Kier alpha value is -1.45. The number of carboxylic acid groups (broad SMARTS) is 1. The number of rotatable bonds is 0. The van der Waals surface area contributed by atoms with E-state index in [2.05, 4.69) is 11.7 Å². The lowest BCUT2D eigenvalue weighted by Gasteiger charge is -1.64. The van der Waals surface area contributed by atoms with E-state index in [0.29, 0.717) is 0 Å². The van der Waals surface area contributed by atoms with E-state index in [-0.39, 0.29) is 0 Å².